The second-order valence-corrected chi connectivity index (χ2v) is 5.95. The van der Waals surface area contributed by atoms with Crippen molar-refractivity contribution in [3.8, 4) is 0 Å². The molecule has 0 spiro atoms. The number of halogens is 2. The fraction of sp³-hybridized carbons (Fsp3) is 0.357. The molecular weight excluding hydrogens is 313 g/mol. The number of hydrogen-bond donors (Lipinski definition) is 1. The molecule has 1 aromatic carbocycles. The second kappa shape index (κ2) is 6.95. The Balaban J connectivity index is 2.13. The van der Waals surface area contributed by atoms with E-state index < -0.39 is 11.7 Å². The number of carbonyl (C=O) groups is 1. The molecule has 4 nitrogen and oxygen atoms in total. The Bertz CT molecular complexity index is 643. The Hall–Kier alpha value is -1.53. The van der Waals surface area contributed by atoms with Crippen molar-refractivity contribution in [3.63, 3.8) is 0 Å². The van der Waals surface area contributed by atoms with Crippen LogP contribution in [0.25, 0.3) is 0 Å². The summed E-state index contributed by atoms with van der Waals surface area (Å²) in [5.41, 5.74) is 0.206. The summed E-state index contributed by atoms with van der Waals surface area (Å²) in [5.74, 6) is -0.557. The minimum absolute atomic E-state index is 0.0669. The van der Waals surface area contributed by atoms with Gasteiger partial charge in [0.1, 0.15) is 10.8 Å². The molecule has 0 fully saturated rings. The summed E-state index contributed by atoms with van der Waals surface area (Å²) in [6.07, 6.45) is 1.95. The van der Waals surface area contributed by atoms with Gasteiger partial charge in [0, 0.05) is 5.92 Å². The molecular formula is C14H15ClFN3OS. The van der Waals surface area contributed by atoms with Gasteiger partial charge in [-0.3, -0.25) is 10.1 Å². The first-order valence-corrected chi connectivity index (χ1v) is 7.84. The summed E-state index contributed by atoms with van der Waals surface area (Å²) in [4.78, 5) is 12.1. The maximum Gasteiger partial charge on any atom is 0.259 e. The van der Waals surface area contributed by atoms with Crippen molar-refractivity contribution in [1.29, 1.82) is 0 Å². The standard InChI is InChI=1S/C14H15ClFN3OS/c1-3-8(4-2)13-18-19-14(21-13)17-12(20)10-6-5-9(16)7-11(10)15/h5-8H,3-4H2,1-2H3,(H,17,19,20). The molecule has 1 heterocycles. The normalized spacial score (nSPS) is 10.9. The van der Waals surface area contributed by atoms with Gasteiger partial charge in [0.05, 0.1) is 10.6 Å². The van der Waals surface area contributed by atoms with Crippen LogP contribution in [-0.4, -0.2) is 16.1 Å². The van der Waals surface area contributed by atoms with Crippen molar-refractivity contribution >= 4 is 34.0 Å². The van der Waals surface area contributed by atoms with Gasteiger partial charge in [0.25, 0.3) is 5.91 Å². The van der Waals surface area contributed by atoms with Crippen LogP contribution in [0, 0.1) is 5.82 Å². The first kappa shape index (κ1) is 15.9. The fourth-order valence-electron chi connectivity index (χ4n) is 1.93. The monoisotopic (exact) mass is 327 g/mol. The van der Waals surface area contributed by atoms with Gasteiger partial charge in [-0.05, 0) is 31.0 Å². The van der Waals surface area contributed by atoms with Crippen molar-refractivity contribution < 1.29 is 9.18 Å². The van der Waals surface area contributed by atoms with E-state index in [-0.39, 0.29) is 10.6 Å². The number of anilines is 1. The number of benzene rings is 1. The number of amides is 1. The van der Waals surface area contributed by atoms with E-state index in [2.05, 4.69) is 29.4 Å². The summed E-state index contributed by atoms with van der Waals surface area (Å²) in [6, 6.07) is 3.64. The maximum atomic E-state index is 13.0. The van der Waals surface area contributed by atoms with Crippen molar-refractivity contribution in [2.24, 2.45) is 0 Å². The first-order chi connectivity index (χ1) is 10.0. The zero-order valence-corrected chi connectivity index (χ0v) is 13.3. The Morgan fingerprint density at radius 3 is 2.71 bits per heavy atom. The molecule has 0 saturated carbocycles. The van der Waals surface area contributed by atoms with Crippen LogP contribution in [0.5, 0.6) is 0 Å². The molecule has 1 N–H and O–H groups in total. The molecule has 7 heteroatoms. The molecule has 0 bridgehead atoms. The Labute approximate surface area is 131 Å². The lowest BCUT2D eigenvalue weighted by molar-refractivity contribution is 0.102. The van der Waals surface area contributed by atoms with Gasteiger partial charge in [-0.1, -0.05) is 36.8 Å². The minimum atomic E-state index is -0.483. The minimum Gasteiger partial charge on any atom is -0.296 e. The summed E-state index contributed by atoms with van der Waals surface area (Å²) in [5, 5.41) is 12.1. The van der Waals surface area contributed by atoms with Crippen molar-refractivity contribution in [3.05, 3.63) is 39.6 Å². The van der Waals surface area contributed by atoms with E-state index in [1.54, 1.807) is 0 Å². The van der Waals surface area contributed by atoms with Gasteiger partial charge < -0.3 is 0 Å². The third-order valence-corrected chi connectivity index (χ3v) is 4.49. The average molecular weight is 328 g/mol. The van der Waals surface area contributed by atoms with E-state index in [4.69, 9.17) is 11.6 Å². The van der Waals surface area contributed by atoms with Gasteiger partial charge in [0.15, 0.2) is 0 Å². The molecule has 2 rings (SSSR count). The van der Waals surface area contributed by atoms with E-state index in [0.717, 1.165) is 23.9 Å². The number of hydrogen-bond acceptors (Lipinski definition) is 4. The number of carbonyl (C=O) groups excluding carboxylic acids is 1. The Morgan fingerprint density at radius 1 is 1.38 bits per heavy atom. The lowest BCUT2D eigenvalue weighted by Gasteiger charge is -2.06. The Kier molecular flexibility index (Phi) is 5.25. The number of rotatable bonds is 5. The molecule has 0 saturated heterocycles. The molecule has 0 aliphatic carbocycles. The highest BCUT2D eigenvalue weighted by molar-refractivity contribution is 7.15. The van der Waals surface area contributed by atoms with Gasteiger partial charge in [0.2, 0.25) is 5.13 Å². The van der Waals surface area contributed by atoms with E-state index in [1.165, 1.54) is 23.5 Å². The molecule has 0 aliphatic heterocycles. The van der Waals surface area contributed by atoms with Gasteiger partial charge in [-0.15, -0.1) is 10.2 Å². The molecule has 1 amide bonds. The summed E-state index contributed by atoms with van der Waals surface area (Å²) in [6.45, 7) is 4.18. The fourth-order valence-corrected chi connectivity index (χ4v) is 3.18. The predicted octanol–water partition coefficient (Wildman–Crippen LogP) is 4.49. The van der Waals surface area contributed by atoms with E-state index in [1.807, 2.05) is 0 Å². The summed E-state index contributed by atoms with van der Waals surface area (Å²) < 4.78 is 13.0. The zero-order chi connectivity index (χ0) is 15.4. The highest BCUT2D eigenvalue weighted by Gasteiger charge is 2.16. The van der Waals surface area contributed by atoms with Crippen LogP contribution in [0.1, 0.15) is 48.0 Å². The topological polar surface area (TPSA) is 54.9 Å². The van der Waals surface area contributed by atoms with E-state index in [9.17, 15) is 9.18 Å². The highest BCUT2D eigenvalue weighted by atomic mass is 35.5. The van der Waals surface area contributed by atoms with Crippen LogP contribution < -0.4 is 5.32 Å². The molecule has 0 radical (unpaired) electrons. The lowest BCUT2D eigenvalue weighted by Crippen LogP contribution is -2.12. The lowest BCUT2D eigenvalue weighted by atomic mass is 10.1. The van der Waals surface area contributed by atoms with Crippen molar-refractivity contribution in [2.45, 2.75) is 32.6 Å². The van der Waals surface area contributed by atoms with E-state index in [0.29, 0.717) is 11.0 Å². The number of aromatic nitrogens is 2. The number of nitrogens with zero attached hydrogens (tertiary/aromatic N) is 2. The van der Waals surface area contributed by atoms with Crippen molar-refractivity contribution in [2.75, 3.05) is 5.32 Å². The molecule has 0 atom stereocenters. The molecule has 21 heavy (non-hydrogen) atoms. The SMILES string of the molecule is CCC(CC)c1nnc(NC(=O)c2ccc(F)cc2Cl)s1. The molecule has 112 valence electrons. The van der Waals surface area contributed by atoms with Crippen LogP contribution in [0.15, 0.2) is 18.2 Å². The molecule has 0 aliphatic rings. The average Bonchev–Trinajstić information content (AvgIpc) is 2.88. The molecule has 0 unspecified atom stereocenters. The zero-order valence-electron chi connectivity index (χ0n) is 11.7. The third kappa shape index (κ3) is 3.77. The van der Waals surface area contributed by atoms with Gasteiger partial charge in [-0.25, -0.2) is 4.39 Å². The first-order valence-electron chi connectivity index (χ1n) is 6.64. The summed E-state index contributed by atoms with van der Waals surface area (Å²) in [7, 11) is 0. The molecule has 1 aromatic heterocycles. The Morgan fingerprint density at radius 2 is 2.10 bits per heavy atom. The number of nitrogens with one attached hydrogen (secondary N) is 1. The van der Waals surface area contributed by atoms with Gasteiger partial charge >= 0.3 is 0 Å². The van der Waals surface area contributed by atoms with Crippen LogP contribution in [-0.2, 0) is 0 Å². The highest BCUT2D eigenvalue weighted by Crippen LogP contribution is 2.28. The maximum absolute atomic E-state index is 13.0. The van der Waals surface area contributed by atoms with Gasteiger partial charge in [-0.2, -0.15) is 0 Å². The van der Waals surface area contributed by atoms with Crippen LogP contribution in [0.2, 0.25) is 5.02 Å². The predicted molar refractivity (Wildman–Crippen MR) is 82.6 cm³/mol. The smallest absolute Gasteiger partial charge is 0.259 e. The van der Waals surface area contributed by atoms with Crippen LogP contribution in [0.3, 0.4) is 0 Å². The third-order valence-electron chi connectivity index (χ3n) is 3.17. The van der Waals surface area contributed by atoms with Crippen LogP contribution in [0.4, 0.5) is 9.52 Å². The quantitative estimate of drug-likeness (QED) is 0.880. The second-order valence-electron chi connectivity index (χ2n) is 4.54. The van der Waals surface area contributed by atoms with E-state index >= 15 is 0 Å². The van der Waals surface area contributed by atoms with Crippen LogP contribution >= 0.6 is 22.9 Å². The molecule has 2 aromatic rings. The van der Waals surface area contributed by atoms with Crippen molar-refractivity contribution in [1.82, 2.24) is 10.2 Å². The largest absolute Gasteiger partial charge is 0.296 e. The summed E-state index contributed by atoms with van der Waals surface area (Å²) >= 11 is 7.21.